The summed E-state index contributed by atoms with van der Waals surface area (Å²) in [7, 11) is 0. The molecule has 0 aliphatic heterocycles. The predicted molar refractivity (Wildman–Crippen MR) is 111 cm³/mol. The second-order valence-electron chi connectivity index (χ2n) is 6.34. The summed E-state index contributed by atoms with van der Waals surface area (Å²) in [6.07, 6.45) is 4.78. The van der Waals surface area contributed by atoms with E-state index in [1.54, 1.807) is 6.21 Å². The Hall–Kier alpha value is -3.93. The molecule has 0 amide bonds. The predicted octanol–water partition coefficient (Wildman–Crippen LogP) is 4.32. The quantitative estimate of drug-likeness (QED) is 0.425. The number of benzene rings is 3. The molecule has 4 rings (SSSR count). The van der Waals surface area contributed by atoms with Crippen molar-refractivity contribution < 1.29 is 9.47 Å². The standard InChI is InChI=1S/C23H20N4O2/c1-3-7-19(8-4-1)15-28-22-12-11-21(14-26-27-17-24-25-18-27)13-23(22)29-16-20-9-5-2-6-10-20/h1-14,17-18H,15-16H2/b26-14-. The summed E-state index contributed by atoms with van der Waals surface area (Å²) < 4.78 is 13.6. The van der Waals surface area contributed by atoms with Crippen molar-refractivity contribution in [3.8, 4) is 11.5 Å². The van der Waals surface area contributed by atoms with Crippen molar-refractivity contribution in [2.45, 2.75) is 13.2 Å². The maximum absolute atomic E-state index is 6.07. The Bertz CT molecular complexity index is 1050. The Labute approximate surface area is 169 Å². The lowest BCUT2D eigenvalue weighted by Crippen LogP contribution is -2.01. The fourth-order valence-electron chi connectivity index (χ4n) is 2.70. The van der Waals surface area contributed by atoms with Gasteiger partial charge in [0.05, 0.1) is 6.21 Å². The van der Waals surface area contributed by atoms with Gasteiger partial charge in [0, 0.05) is 0 Å². The topological polar surface area (TPSA) is 61.5 Å². The van der Waals surface area contributed by atoms with Gasteiger partial charge in [0.1, 0.15) is 25.9 Å². The Morgan fingerprint density at radius 1 is 0.724 bits per heavy atom. The fourth-order valence-corrected chi connectivity index (χ4v) is 2.70. The molecule has 0 bridgehead atoms. The maximum Gasteiger partial charge on any atom is 0.162 e. The summed E-state index contributed by atoms with van der Waals surface area (Å²) >= 11 is 0. The van der Waals surface area contributed by atoms with Gasteiger partial charge in [-0.2, -0.15) is 5.10 Å². The highest BCUT2D eigenvalue weighted by Gasteiger charge is 2.08. The number of hydrogen-bond acceptors (Lipinski definition) is 5. The molecule has 0 saturated heterocycles. The first-order chi connectivity index (χ1) is 14.4. The van der Waals surface area contributed by atoms with Crippen LogP contribution >= 0.6 is 0 Å². The van der Waals surface area contributed by atoms with Crippen molar-refractivity contribution in [1.29, 1.82) is 0 Å². The van der Waals surface area contributed by atoms with E-state index in [-0.39, 0.29) is 0 Å². The number of rotatable bonds is 8. The van der Waals surface area contributed by atoms with Gasteiger partial charge in [0.2, 0.25) is 0 Å². The summed E-state index contributed by atoms with van der Waals surface area (Å²) in [5.41, 5.74) is 3.07. The molecular formula is C23H20N4O2. The Morgan fingerprint density at radius 2 is 1.31 bits per heavy atom. The van der Waals surface area contributed by atoms with Crippen molar-refractivity contribution in [3.63, 3.8) is 0 Å². The van der Waals surface area contributed by atoms with Gasteiger partial charge in [-0.1, -0.05) is 60.7 Å². The average molecular weight is 384 g/mol. The summed E-state index contributed by atoms with van der Waals surface area (Å²) in [6.45, 7) is 0.922. The summed E-state index contributed by atoms with van der Waals surface area (Å²) in [5.74, 6) is 1.35. The summed E-state index contributed by atoms with van der Waals surface area (Å²) in [6, 6.07) is 25.8. The minimum atomic E-state index is 0.453. The van der Waals surface area contributed by atoms with E-state index < -0.39 is 0 Å². The van der Waals surface area contributed by atoms with E-state index in [0.717, 1.165) is 16.7 Å². The van der Waals surface area contributed by atoms with Crippen molar-refractivity contribution >= 4 is 6.21 Å². The Balaban J connectivity index is 1.53. The molecule has 6 heteroatoms. The van der Waals surface area contributed by atoms with Crippen LogP contribution in [0.4, 0.5) is 0 Å². The first-order valence-corrected chi connectivity index (χ1v) is 9.23. The van der Waals surface area contributed by atoms with Crippen LogP contribution < -0.4 is 9.47 Å². The molecule has 144 valence electrons. The van der Waals surface area contributed by atoms with E-state index >= 15 is 0 Å². The van der Waals surface area contributed by atoms with Crippen LogP contribution in [-0.4, -0.2) is 21.1 Å². The molecule has 3 aromatic carbocycles. The normalized spacial score (nSPS) is 10.9. The molecule has 0 N–H and O–H groups in total. The van der Waals surface area contributed by atoms with Gasteiger partial charge < -0.3 is 9.47 Å². The Morgan fingerprint density at radius 3 is 1.93 bits per heavy atom. The monoisotopic (exact) mass is 384 g/mol. The molecule has 0 aliphatic carbocycles. The third kappa shape index (κ3) is 5.29. The van der Waals surface area contributed by atoms with Crippen LogP contribution in [0.2, 0.25) is 0 Å². The van der Waals surface area contributed by atoms with E-state index in [1.165, 1.54) is 17.3 Å². The molecule has 4 aromatic rings. The van der Waals surface area contributed by atoms with E-state index in [2.05, 4.69) is 15.3 Å². The van der Waals surface area contributed by atoms with Gasteiger partial charge >= 0.3 is 0 Å². The molecule has 1 heterocycles. The lowest BCUT2D eigenvalue weighted by Gasteiger charge is -2.14. The third-order valence-corrected chi connectivity index (χ3v) is 4.19. The van der Waals surface area contributed by atoms with Crippen LogP contribution in [-0.2, 0) is 13.2 Å². The van der Waals surface area contributed by atoms with Crippen molar-refractivity contribution in [1.82, 2.24) is 14.9 Å². The molecule has 0 saturated carbocycles. The largest absolute Gasteiger partial charge is 0.485 e. The van der Waals surface area contributed by atoms with Crippen LogP contribution in [0.1, 0.15) is 16.7 Å². The lowest BCUT2D eigenvalue weighted by atomic mass is 10.2. The first kappa shape index (κ1) is 18.4. The van der Waals surface area contributed by atoms with E-state index in [9.17, 15) is 0 Å². The third-order valence-electron chi connectivity index (χ3n) is 4.19. The highest BCUT2D eigenvalue weighted by molar-refractivity contribution is 5.80. The van der Waals surface area contributed by atoms with E-state index in [1.807, 2.05) is 78.9 Å². The maximum atomic E-state index is 6.07. The smallest absolute Gasteiger partial charge is 0.162 e. The molecule has 0 radical (unpaired) electrons. The molecule has 0 atom stereocenters. The molecule has 6 nitrogen and oxygen atoms in total. The van der Waals surface area contributed by atoms with Crippen LogP contribution in [0.15, 0.2) is 96.6 Å². The fraction of sp³-hybridized carbons (Fsp3) is 0.0870. The first-order valence-electron chi connectivity index (χ1n) is 9.23. The van der Waals surface area contributed by atoms with Gasteiger partial charge in [-0.05, 0) is 34.9 Å². The van der Waals surface area contributed by atoms with Gasteiger partial charge in [0.15, 0.2) is 11.5 Å². The highest BCUT2D eigenvalue weighted by atomic mass is 16.5. The van der Waals surface area contributed by atoms with Gasteiger partial charge in [-0.3, -0.25) is 0 Å². The van der Waals surface area contributed by atoms with Crippen LogP contribution in [0.3, 0.4) is 0 Å². The molecule has 0 aliphatic rings. The van der Waals surface area contributed by atoms with Crippen molar-refractivity contribution in [3.05, 3.63) is 108 Å². The van der Waals surface area contributed by atoms with Gasteiger partial charge in [-0.25, -0.2) is 4.68 Å². The molecule has 1 aromatic heterocycles. The number of aromatic nitrogens is 3. The minimum absolute atomic E-state index is 0.453. The molecular weight excluding hydrogens is 364 g/mol. The van der Waals surface area contributed by atoms with Gasteiger partial charge in [0.25, 0.3) is 0 Å². The SMILES string of the molecule is C(=N/n1cnnc1)/c1ccc(OCc2ccccc2)c(OCc2ccccc2)c1. The molecule has 0 fully saturated rings. The second-order valence-corrected chi connectivity index (χ2v) is 6.34. The molecule has 29 heavy (non-hydrogen) atoms. The van der Waals surface area contributed by atoms with Crippen LogP contribution in [0.25, 0.3) is 0 Å². The summed E-state index contributed by atoms with van der Waals surface area (Å²) in [5, 5.41) is 11.8. The average Bonchev–Trinajstić information content (AvgIpc) is 3.30. The second kappa shape index (κ2) is 9.32. The van der Waals surface area contributed by atoms with E-state index in [0.29, 0.717) is 24.7 Å². The molecule has 0 spiro atoms. The highest BCUT2D eigenvalue weighted by Crippen LogP contribution is 2.29. The summed E-state index contributed by atoms with van der Waals surface area (Å²) in [4.78, 5) is 0. The molecule has 0 unspecified atom stereocenters. The van der Waals surface area contributed by atoms with Crippen LogP contribution in [0.5, 0.6) is 11.5 Å². The zero-order valence-electron chi connectivity index (χ0n) is 15.8. The number of ether oxygens (including phenoxy) is 2. The number of nitrogens with zero attached hydrogens (tertiary/aromatic N) is 4. The minimum Gasteiger partial charge on any atom is -0.485 e. The Kier molecular flexibility index (Phi) is 5.93. The van der Waals surface area contributed by atoms with Crippen LogP contribution in [0, 0.1) is 0 Å². The lowest BCUT2D eigenvalue weighted by molar-refractivity contribution is 0.256. The zero-order chi connectivity index (χ0) is 19.7. The van der Waals surface area contributed by atoms with E-state index in [4.69, 9.17) is 9.47 Å². The van der Waals surface area contributed by atoms with Crippen molar-refractivity contribution in [2.75, 3.05) is 0 Å². The number of hydrogen-bond donors (Lipinski definition) is 0. The van der Waals surface area contributed by atoms with Crippen molar-refractivity contribution in [2.24, 2.45) is 5.10 Å². The van der Waals surface area contributed by atoms with Gasteiger partial charge in [-0.15, -0.1) is 10.2 Å². The zero-order valence-corrected chi connectivity index (χ0v) is 15.8.